The number of rotatable bonds is 4. The average molecular weight is 254 g/mol. The van der Waals surface area contributed by atoms with Crippen LogP contribution in [0.15, 0.2) is 18.2 Å². The number of ether oxygens (including phenoxy) is 1. The van der Waals surface area contributed by atoms with E-state index in [4.69, 9.17) is 0 Å². The zero-order valence-electron chi connectivity index (χ0n) is 9.37. The fraction of sp³-hybridized carbons (Fsp3) is 0.200. The molecule has 0 heterocycles. The molecule has 18 heavy (non-hydrogen) atoms. The minimum atomic E-state index is -0.772. The van der Waals surface area contributed by atoms with Crippen LogP contribution in [-0.4, -0.2) is 35.6 Å². The van der Waals surface area contributed by atoms with Crippen LogP contribution in [0.2, 0.25) is 0 Å². The van der Waals surface area contributed by atoms with Gasteiger partial charge in [-0.1, -0.05) is 0 Å². The van der Waals surface area contributed by atoms with E-state index in [-0.39, 0.29) is 12.1 Å². The molecule has 8 heteroatoms. The SMILES string of the molecule is COC(=O)CNC(=O)c1ccc([N+](=O)[O-])c(O)c1. The van der Waals surface area contributed by atoms with E-state index in [1.54, 1.807) is 0 Å². The van der Waals surface area contributed by atoms with Crippen molar-refractivity contribution in [2.45, 2.75) is 0 Å². The maximum absolute atomic E-state index is 11.5. The lowest BCUT2D eigenvalue weighted by molar-refractivity contribution is -0.385. The molecule has 0 unspecified atom stereocenters. The number of benzene rings is 1. The lowest BCUT2D eigenvalue weighted by Crippen LogP contribution is -2.30. The minimum absolute atomic E-state index is 0.00185. The van der Waals surface area contributed by atoms with E-state index in [9.17, 15) is 24.8 Å². The fourth-order valence-electron chi connectivity index (χ4n) is 1.15. The summed E-state index contributed by atoms with van der Waals surface area (Å²) in [6.07, 6.45) is 0. The van der Waals surface area contributed by atoms with Crippen LogP contribution in [0.3, 0.4) is 0 Å². The number of nitro benzene ring substituents is 1. The van der Waals surface area contributed by atoms with Gasteiger partial charge < -0.3 is 15.2 Å². The molecule has 0 fully saturated rings. The zero-order chi connectivity index (χ0) is 13.7. The first kappa shape index (κ1) is 13.4. The van der Waals surface area contributed by atoms with Crippen molar-refractivity contribution in [1.82, 2.24) is 5.32 Å². The average Bonchev–Trinajstić information content (AvgIpc) is 2.34. The lowest BCUT2D eigenvalue weighted by Gasteiger charge is -2.04. The number of amides is 1. The summed E-state index contributed by atoms with van der Waals surface area (Å²) in [4.78, 5) is 31.9. The summed E-state index contributed by atoms with van der Waals surface area (Å²) in [5, 5.41) is 22.0. The van der Waals surface area contributed by atoms with Gasteiger partial charge in [0.2, 0.25) is 0 Å². The lowest BCUT2D eigenvalue weighted by atomic mass is 10.2. The van der Waals surface area contributed by atoms with Crippen molar-refractivity contribution in [3.05, 3.63) is 33.9 Å². The van der Waals surface area contributed by atoms with Crippen LogP contribution in [0.5, 0.6) is 5.75 Å². The van der Waals surface area contributed by atoms with Crippen molar-refractivity contribution in [1.29, 1.82) is 0 Å². The number of nitrogens with zero attached hydrogens (tertiary/aromatic N) is 1. The highest BCUT2D eigenvalue weighted by molar-refractivity contribution is 5.96. The van der Waals surface area contributed by atoms with Crippen LogP contribution in [0.25, 0.3) is 0 Å². The molecule has 0 radical (unpaired) electrons. The number of aromatic hydroxyl groups is 1. The fourth-order valence-corrected chi connectivity index (χ4v) is 1.15. The van der Waals surface area contributed by atoms with Gasteiger partial charge >= 0.3 is 11.7 Å². The molecule has 0 saturated heterocycles. The minimum Gasteiger partial charge on any atom is -0.502 e. The van der Waals surface area contributed by atoms with Gasteiger partial charge in [-0.15, -0.1) is 0 Å². The largest absolute Gasteiger partial charge is 0.502 e. The second kappa shape index (κ2) is 5.62. The number of methoxy groups -OCH3 is 1. The Morgan fingerprint density at radius 1 is 1.50 bits per heavy atom. The molecule has 0 aliphatic rings. The van der Waals surface area contributed by atoms with Crippen LogP contribution in [-0.2, 0) is 9.53 Å². The molecule has 2 N–H and O–H groups in total. The monoisotopic (exact) mass is 254 g/mol. The summed E-state index contributed by atoms with van der Waals surface area (Å²) in [7, 11) is 1.17. The van der Waals surface area contributed by atoms with E-state index < -0.39 is 28.2 Å². The third-order valence-corrected chi connectivity index (χ3v) is 2.06. The molecule has 0 spiro atoms. The van der Waals surface area contributed by atoms with Gasteiger partial charge in [-0.05, 0) is 12.1 Å². The van der Waals surface area contributed by atoms with Gasteiger partial charge in [0.15, 0.2) is 5.75 Å². The van der Waals surface area contributed by atoms with Crippen molar-refractivity contribution in [2.75, 3.05) is 13.7 Å². The first-order valence-corrected chi connectivity index (χ1v) is 4.78. The summed E-state index contributed by atoms with van der Waals surface area (Å²) in [5.41, 5.74) is -0.499. The maximum atomic E-state index is 11.5. The molecule has 8 nitrogen and oxygen atoms in total. The van der Waals surface area contributed by atoms with Gasteiger partial charge in [-0.2, -0.15) is 0 Å². The molecule has 1 rings (SSSR count). The molecular formula is C10H10N2O6. The number of phenolic OH excluding ortho intramolecular Hbond substituents is 1. The van der Waals surface area contributed by atoms with Crippen LogP contribution >= 0.6 is 0 Å². The van der Waals surface area contributed by atoms with Crippen molar-refractivity contribution < 1.29 is 24.4 Å². The zero-order valence-corrected chi connectivity index (χ0v) is 9.37. The molecule has 1 amide bonds. The molecule has 96 valence electrons. The first-order chi connectivity index (χ1) is 8.45. The van der Waals surface area contributed by atoms with Crippen LogP contribution in [0.1, 0.15) is 10.4 Å². The highest BCUT2D eigenvalue weighted by atomic mass is 16.6. The third kappa shape index (κ3) is 3.17. The predicted octanol–water partition coefficient (Wildman–Crippen LogP) is 0.203. The smallest absolute Gasteiger partial charge is 0.325 e. The van der Waals surface area contributed by atoms with E-state index in [1.165, 1.54) is 13.2 Å². The standard InChI is InChI=1S/C10H10N2O6/c1-18-9(14)5-11-10(15)6-2-3-7(12(16)17)8(13)4-6/h2-4,13H,5H2,1H3,(H,11,15). The molecule has 0 saturated carbocycles. The Kier molecular flexibility index (Phi) is 4.19. The highest BCUT2D eigenvalue weighted by Crippen LogP contribution is 2.25. The Labute approximate surface area is 101 Å². The normalized spacial score (nSPS) is 9.61. The Morgan fingerprint density at radius 3 is 2.67 bits per heavy atom. The quantitative estimate of drug-likeness (QED) is 0.450. The topological polar surface area (TPSA) is 119 Å². The summed E-state index contributed by atoms with van der Waals surface area (Å²) in [5.74, 6) is -1.90. The second-order valence-electron chi connectivity index (χ2n) is 3.22. The number of nitro groups is 1. The summed E-state index contributed by atoms with van der Waals surface area (Å²) < 4.78 is 4.32. The molecule has 0 atom stereocenters. The number of carbonyl (C=O) groups excluding carboxylic acids is 2. The molecule has 1 aromatic carbocycles. The van der Waals surface area contributed by atoms with Gasteiger partial charge in [-0.25, -0.2) is 0 Å². The van der Waals surface area contributed by atoms with E-state index in [2.05, 4.69) is 10.1 Å². The summed E-state index contributed by atoms with van der Waals surface area (Å²) >= 11 is 0. The van der Waals surface area contributed by atoms with Crippen molar-refractivity contribution in [3.63, 3.8) is 0 Å². The number of nitrogens with one attached hydrogen (secondary N) is 1. The molecule has 0 bridgehead atoms. The van der Waals surface area contributed by atoms with E-state index in [1.807, 2.05) is 0 Å². The second-order valence-corrected chi connectivity index (χ2v) is 3.22. The molecule has 1 aromatic rings. The van der Waals surface area contributed by atoms with Gasteiger partial charge in [-0.3, -0.25) is 19.7 Å². The first-order valence-electron chi connectivity index (χ1n) is 4.78. The summed E-state index contributed by atoms with van der Waals surface area (Å²) in [6.45, 7) is -0.326. The van der Waals surface area contributed by atoms with E-state index >= 15 is 0 Å². The Bertz CT molecular complexity index is 499. The molecular weight excluding hydrogens is 244 g/mol. The number of esters is 1. The number of hydrogen-bond acceptors (Lipinski definition) is 6. The van der Waals surface area contributed by atoms with Crippen molar-refractivity contribution in [3.8, 4) is 5.75 Å². The Morgan fingerprint density at radius 2 is 2.17 bits per heavy atom. The van der Waals surface area contributed by atoms with Crippen molar-refractivity contribution in [2.24, 2.45) is 0 Å². The van der Waals surface area contributed by atoms with Gasteiger partial charge in [0.25, 0.3) is 5.91 Å². The third-order valence-electron chi connectivity index (χ3n) is 2.06. The number of carbonyl (C=O) groups is 2. The summed E-state index contributed by atoms with van der Waals surface area (Å²) in [6, 6.07) is 3.12. The maximum Gasteiger partial charge on any atom is 0.325 e. The van der Waals surface area contributed by atoms with Crippen LogP contribution in [0, 0.1) is 10.1 Å². The van der Waals surface area contributed by atoms with Crippen LogP contribution in [0.4, 0.5) is 5.69 Å². The van der Waals surface area contributed by atoms with Gasteiger partial charge in [0.05, 0.1) is 12.0 Å². The highest BCUT2D eigenvalue weighted by Gasteiger charge is 2.16. The predicted molar refractivity (Wildman–Crippen MR) is 59.1 cm³/mol. The molecule has 0 aliphatic heterocycles. The van der Waals surface area contributed by atoms with Crippen LogP contribution < -0.4 is 5.32 Å². The number of phenols is 1. The van der Waals surface area contributed by atoms with E-state index in [0.717, 1.165) is 12.1 Å². The van der Waals surface area contributed by atoms with Gasteiger partial charge in [0, 0.05) is 11.6 Å². The Hall–Kier alpha value is -2.64. The van der Waals surface area contributed by atoms with Crippen molar-refractivity contribution >= 4 is 17.6 Å². The van der Waals surface area contributed by atoms with E-state index in [0.29, 0.717) is 0 Å². The number of hydrogen-bond donors (Lipinski definition) is 2. The Balaban J connectivity index is 2.79. The molecule has 0 aliphatic carbocycles. The molecule has 0 aromatic heterocycles. The van der Waals surface area contributed by atoms with Gasteiger partial charge in [0.1, 0.15) is 6.54 Å².